The maximum Gasteiger partial charge on any atom is 0.414 e. The number of hydrogen-bond donors (Lipinski definition) is 3. The Morgan fingerprint density at radius 3 is 1.86 bits per heavy atom. The molecule has 0 unspecified atom stereocenters. The number of carbonyl (C=O) groups is 2. The maximum absolute atomic E-state index is 9.10. The highest BCUT2D eigenvalue weighted by atomic mass is 16.4. The summed E-state index contributed by atoms with van der Waals surface area (Å²) in [4.78, 5) is 25.9. The van der Waals surface area contributed by atoms with Gasteiger partial charge in [0.1, 0.15) is 5.82 Å². The lowest BCUT2D eigenvalue weighted by Crippen LogP contribution is -2.09. The van der Waals surface area contributed by atoms with Crippen LogP contribution in [0.1, 0.15) is 5.82 Å². The van der Waals surface area contributed by atoms with Crippen molar-refractivity contribution in [3.05, 3.63) is 24.3 Å². The summed E-state index contributed by atoms with van der Waals surface area (Å²) >= 11 is 0. The molecule has 0 amide bonds. The summed E-state index contributed by atoms with van der Waals surface area (Å²) in [6, 6.07) is 1.76. The van der Waals surface area contributed by atoms with Gasteiger partial charge in [-0.05, 0) is 6.07 Å². The van der Waals surface area contributed by atoms with E-state index in [0.717, 1.165) is 0 Å². The normalized spacial score (nSPS) is 8.36. The Bertz CT molecular complexity index is 289. The molecule has 1 aromatic heterocycles. The molecule has 0 bridgehead atoms. The molecule has 4 N–H and O–H groups in total. The summed E-state index contributed by atoms with van der Waals surface area (Å²) < 4.78 is 0. The minimum atomic E-state index is -1.82. The van der Waals surface area contributed by atoms with E-state index in [1.807, 2.05) is 0 Å². The molecule has 1 aromatic rings. The summed E-state index contributed by atoms with van der Waals surface area (Å²) in [5.41, 5.74) is 5.22. The Morgan fingerprint density at radius 1 is 1.21 bits per heavy atom. The number of aromatic nitrogens is 2. The van der Waals surface area contributed by atoms with Gasteiger partial charge in [-0.25, -0.2) is 19.6 Å². The summed E-state index contributed by atoms with van der Waals surface area (Å²) in [5, 5.41) is 14.8. The first-order valence-corrected chi connectivity index (χ1v) is 3.50. The topological polar surface area (TPSA) is 126 Å². The summed E-state index contributed by atoms with van der Waals surface area (Å²) in [7, 11) is 0. The van der Waals surface area contributed by atoms with Crippen molar-refractivity contribution in [1.82, 2.24) is 9.97 Å². The number of carboxylic acid groups (broad SMARTS) is 2. The largest absolute Gasteiger partial charge is 0.473 e. The number of carboxylic acids is 2. The highest BCUT2D eigenvalue weighted by Crippen LogP contribution is 1.81. The van der Waals surface area contributed by atoms with E-state index in [4.69, 9.17) is 25.5 Å². The van der Waals surface area contributed by atoms with Crippen LogP contribution in [0.15, 0.2) is 18.5 Å². The smallest absolute Gasteiger partial charge is 0.414 e. The standard InChI is InChI=1S/C5H7N3.C2H2O4/c6-4-5-7-2-1-3-8-5;3-1(4)2(5)6/h1-3H,4,6H2;(H,3,4)(H,5,6). The van der Waals surface area contributed by atoms with E-state index >= 15 is 0 Å². The van der Waals surface area contributed by atoms with Gasteiger partial charge in [0.25, 0.3) is 0 Å². The third-order valence-electron chi connectivity index (χ3n) is 0.985. The first kappa shape index (κ1) is 12.0. The Morgan fingerprint density at radius 2 is 1.64 bits per heavy atom. The Labute approximate surface area is 79.2 Å². The summed E-state index contributed by atoms with van der Waals surface area (Å²) in [6.45, 7) is 0.418. The van der Waals surface area contributed by atoms with Crippen LogP contribution in [0.5, 0.6) is 0 Å². The second kappa shape index (κ2) is 6.49. The minimum Gasteiger partial charge on any atom is -0.473 e. The van der Waals surface area contributed by atoms with Crippen molar-refractivity contribution >= 4 is 11.9 Å². The molecular weight excluding hydrogens is 190 g/mol. The maximum atomic E-state index is 9.10. The zero-order chi connectivity index (χ0) is 11.0. The van der Waals surface area contributed by atoms with Gasteiger partial charge in [0.2, 0.25) is 0 Å². The molecule has 0 fully saturated rings. The van der Waals surface area contributed by atoms with Crippen molar-refractivity contribution in [1.29, 1.82) is 0 Å². The fourth-order valence-corrected chi connectivity index (χ4v) is 0.435. The third kappa shape index (κ3) is 5.61. The molecule has 0 spiro atoms. The van der Waals surface area contributed by atoms with Crippen molar-refractivity contribution < 1.29 is 19.8 Å². The van der Waals surface area contributed by atoms with E-state index in [9.17, 15) is 0 Å². The van der Waals surface area contributed by atoms with Gasteiger partial charge in [-0.1, -0.05) is 0 Å². The predicted molar refractivity (Wildman–Crippen MR) is 45.2 cm³/mol. The Balaban J connectivity index is 0.000000255. The second-order valence-corrected chi connectivity index (χ2v) is 1.98. The second-order valence-electron chi connectivity index (χ2n) is 1.98. The first-order chi connectivity index (χ1) is 6.57. The van der Waals surface area contributed by atoms with Gasteiger partial charge < -0.3 is 15.9 Å². The number of aliphatic carboxylic acids is 2. The van der Waals surface area contributed by atoms with Gasteiger partial charge in [-0.2, -0.15) is 0 Å². The van der Waals surface area contributed by atoms with E-state index in [1.165, 1.54) is 0 Å². The first-order valence-electron chi connectivity index (χ1n) is 3.50. The highest BCUT2D eigenvalue weighted by molar-refractivity contribution is 6.27. The van der Waals surface area contributed by atoms with Gasteiger partial charge in [-0.3, -0.25) is 0 Å². The van der Waals surface area contributed by atoms with E-state index in [1.54, 1.807) is 18.5 Å². The van der Waals surface area contributed by atoms with Crippen molar-refractivity contribution in [2.24, 2.45) is 5.73 Å². The molecule has 0 atom stereocenters. The predicted octanol–water partition coefficient (Wildman–Crippen LogP) is -0.909. The molecule has 0 saturated carbocycles. The van der Waals surface area contributed by atoms with Crippen molar-refractivity contribution in [2.75, 3.05) is 0 Å². The van der Waals surface area contributed by atoms with Crippen LogP contribution in [0.2, 0.25) is 0 Å². The number of rotatable bonds is 1. The Kier molecular flexibility index (Phi) is 5.55. The van der Waals surface area contributed by atoms with Crippen molar-refractivity contribution in [2.45, 2.75) is 6.54 Å². The van der Waals surface area contributed by atoms with Crippen LogP contribution in [0.3, 0.4) is 0 Å². The average Bonchev–Trinajstić information content (AvgIpc) is 2.20. The molecule has 0 aromatic carbocycles. The van der Waals surface area contributed by atoms with Crippen LogP contribution in [-0.2, 0) is 16.1 Å². The minimum absolute atomic E-state index is 0.418. The van der Waals surface area contributed by atoms with Crippen LogP contribution in [0.25, 0.3) is 0 Å². The molecule has 76 valence electrons. The van der Waals surface area contributed by atoms with Crippen LogP contribution >= 0.6 is 0 Å². The molecule has 0 aliphatic carbocycles. The number of hydrogen-bond acceptors (Lipinski definition) is 5. The highest BCUT2D eigenvalue weighted by Gasteiger charge is 2.04. The molecule has 7 heteroatoms. The van der Waals surface area contributed by atoms with E-state index in [-0.39, 0.29) is 0 Å². The van der Waals surface area contributed by atoms with Gasteiger partial charge >= 0.3 is 11.9 Å². The lowest BCUT2D eigenvalue weighted by Gasteiger charge is -1.88. The third-order valence-corrected chi connectivity index (χ3v) is 0.985. The van der Waals surface area contributed by atoms with Gasteiger partial charge in [0.05, 0.1) is 6.54 Å². The van der Waals surface area contributed by atoms with Crippen LogP contribution in [0, 0.1) is 0 Å². The van der Waals surface area contributed by atoms with Gasteiger partial charge in [0.15, 0.2) is 0 Å². The summed E-state index contributed by atoms with van der Waals surface area (Å²) in [5.74, 6) is -2.96. The molecule has 14 heavy (non-hydrogen) atoms. The number of nitrogens with zero attached hydrogens (tertiary/aromatic N) is 2. The molecule has 1 heterocycles. The molecule has 0 aliphatic rings. The molecule has 0 saturated heterocycles. The SMILES string of the molecule is NCc1ncccn1.O=C(O)C(=O)O. The molecular formula is C7H9N3O4. The zero-order valence-electron chi connectivity index (χ0n) is 7.12. The monoisotopic (exact) mass is 199 g/mol. The quantitative estimate of drug-likeness (QED) is 0.499. The molecule has 1 rings (SSSR count). The average molecular weight is 199 g/mol. The van der Waals surface area contributed by atoms with Crippen LogP contribution < -0.4 is 5.73 Å². The lowest BCUT2D eigenvalue weighted by atomic mass is 10.6. The van der Waals surface area contributed by atoms with Crippen molar-refractivity contribution in [3.8, 4) is 0 Å². The molecule has 0 radical (unpaired) electrons. The fourth-order valence-electron chi connectivity index (χ4n) is 0.435. The molecule has 0 aliphatic heterocycles. The number of nitrogens with two attached hydrogens (primary N) is 1. The molecule has 7 nitrogen and oxygen atoms in total. The van der Waals surface area contributed by atoms with Crippen LogP contribution in [0.4, 0.5) is 0 Å². The summed E-state index contributed by atoms with van der Waals surface area (Å²) in [6.07, 6.45) is 3.35. The van der Waals surface area contributed by atoms with E-state index in [2.05, 4.69) is 9.97 Å². The fraction of sp³-hybridized carbons (Fsp3) is 0.143. The van der Waals surface area contributed by atoms with Crippen LogP contribution in [-0.4, -0.2) is 32.1 Å². The van der Waals surface area contributed by atoms with E-state index in [0.29, 0.717) is 12.4 Å². The lowest BCUT2D eigenvalue weighted by molar-refractivity contribution is -0.159. The van der Waals surface area contributed by atoms with Gasteiger partial charge in [0, 0.05) is 12.4 Å². The van der Waals surface area contributed by atoms with Gasteiger partial charge in [-0.15, -0.1) is 0 Å². The van der Waals surface area contributed by atoms with E-state index < -0.39 is 11.9 Å². The van der Waals surface area contributed by atoms with Crippen molar-refractivity contribution in [3.63, 3.8) is 0 Å². The Hall–Kier alpha value is -2.02. The zero-order valence-corrected chi connectivity index (χ0v) is 7.12.